The van der Waals surface area contributed by atoms with Gasteiger partial charge in [-0.1, -0.05) is 13.0 Å². The average Bonchev–Trinajstić information content (AvgIpc) is 2.50. The number of rotatable bonds is 7. The van der Waals surface area contributed by atoms with Gasteiger partial charge in [0, 0.05) is 17.3 Å². The van der Waals surface area contributed by atoms with Crippen LogP contribution < -0.4 is 20.7 Å². The van der Waals surface area contributed by atoms with E-state index >= 15 is 0 Å². The lowest BCUT2D eigenvalue weighted by Gasteiger charge is -2.18. The van der Waals surface area contributed by atoms with Crippen molar-refractivity contribution in [2.45, 2.75) is 52.8 Å². The number of amides is 3. The van der Waals surface area contributed by atoms with Gasteiger partial charge in [0.05, 0.1) is 0 Å². The molecule has 134 valence electrons. The van der Waals surface area contributed by atoms with Gasteiger partial charge in [-0.3, -0.25) is 4.79 Å². The topological polar surface area (TPSA) is 79.5 Å². The first-order chi connectivity index (χ1) is 11.2. The van der Waals surface area contributed by atoms with E-state index in [9.17, 15) is 18.4 Å². The Morgan fingerprint density at radius 3 is 2.46 bits per heavy atom. The van der Waals surface area contributed by atoms with E-state index in [1.54, 1.807) is 19.9 Å². The zero-order valence-electron chi connectivity index (χ0n) is 14.2. The van der Waals surface area contributed by atoms with Crippen LogP contribution in [0.4, 0.5) is 19.3 Å². The summed E-state index contributed by atoms with van der Waals surface area (Å²) in [6.45, 7) is 3.96. The smallest absolute Gasteiger partial charge is 0.387 e. The highest BCUT2D eigenvalue weighted by atomic mass is 19.3. The van der Waals surface area contributed by atoms with Crippen molar-refractivity contribution in [1.82, 2.24) is 10.6 Å². The predicted octanol–water partition coefficient (Wildman–Crippen LogP) is 3.02. The fourth-order valence-corrected chi connectivity index (χ4v) is 1.86. The number of hydrogen-bond acceptors (Lipinski definition) is 3. The van der Waals surface area contributed by atoms with Gasteiger partial charge >= 0.3 is 12.6 Å². The monoisotopic (exact) mass is 343 g/mol. The summed E-state index contributed by atoms with van der Waals surface area (Å²) in [5.74, 6) is -0.323. The number of halogens is 2. The number of urea groups is 1. The van der Waals surface area contributed by atoms with Gasteiger partial charge < -0.3 is 20.7 Å². The van der Waals surface area contributed by atoms with Gasteiger partial charge in [0.1, 0.15) is 11.8 Å². The van der Waals surface area contributed by atoms with Gasteiger partial charge in [0.2, 0.25) is 5.91 Å². The third-order valence-corrected chi connectivity index (χ3v) is 3.49. The Kier molecular flexibility index (Phi) is 7.41. The molecule has 1 rings (SSSR count). The van der Waals surface area contributed by atoms with Crippen molar-refractivity contribution in [2.75, 3.05) is 5.32 Å². The van der Waals surface area contributed by atoms with Crippen LogP contribution in [0.5, 0.6) is 5.75 Å². The maximum Gasteiger partial charge on any atom is 0.387 e. The van der Waals surface area contributed by atoms with Gasteiger partial charge in [-0.2, -0.15) is 8.78 Å². The van der Waals surface area contributed by atoms with E-state index < -0.39 is 18.7 Å². The van der Waals surface area contributed by atoms with Crippen LogP contribution in [0.3, 0.4) is 0 Å². The average molecular weight is 343 g/mol. The van der Waals surface area contributed by atoms with E-state index in [0.717, 1.165) is 6.42 Å². The third kappa shape index (κ3) is 6.02. The Balaban J connectivity index is 2.66. The van der Waals surface area contributed by atoms with E-state index in [-0.39, 0.29) is 17.7 Å². The summed E-state index contributed by atoms with van der Waals surface area (Å²) < 4.78 is 29.0. The SMILES string of the molecule is CC[C@@H](C)NC(=O)[C@@H](C)NC(=O)Nc1cccc(OC(F)F)c1C. The summed E-state index contributed by atoms with van der Waals surface area (Å²) in [5, 5.41) is 7.77. The first-order valence-corrected chi connectivity index (χ1v) is 7.66. The van der Waals surface area contributed by atoms with Crippen molar-refractivity contribution in [3.63, 3.8) is 0 Å². The molecule has 0 saturated carbocycles. The highest BCUT2D eigenvalue weighted by Gasteiger charge is 2.18. The Hall–Kier alpha value is -2.38. The lowest BCUT2D eigenvalue weighted by atomic mass is 10.2. The summed E-state index contributed by atoms with van der Waals surface area (Å²) >= 11 is 0. The maximum absolute atomic E-state index is 12.3. The summed E-state index contributed by atoms with van der Waals surface area (Å²) in [6.07, 6.45) is 0.779. The molecule has 0 aliphatic heterocycles. The van der Waals surface area contributed by atoms with E-state index in [1.165, 1.54) is 12.1 Å². The van der Waals surface area contributed by atoms with E-state index in [4.69, 9.17) is 0 Å². The van der Waals surface area contributed by atoms with Crippen LogP contribution in [0.1, 0.15) is 32.8 Å². The van der Waals surface area contributed by atoms with Gasteiger partial charge in [-0.15, -0.1) is 0 Å². The molecule has 1 aromatic rings. The molecule has 0 unspecified atom stereocenters. The van der Waals surface area contributed by atoms with Crippen LogP contribution in [0.25, 0.3) is 0 Å². The molecule has 3 N–H and O–H groups in total. The third-order valence-electron chi connectivity index (χ3n) is 3.49. The fourth-order valence-electron chi connectivity index (χ4n) is 1.86. The number of benzene rings is 1. The molecule has 24 heavy (non-hydrogen) atoms. The molecule has 6 nitrogen and oxygen atoms in total. The predicted molar refractivity (Wildman–Crippen MR) is 87.3 cm³/mol. The van der Waals surface area contributed by atoms with Crippen LogP contribution in [-0.2, 0) is 4.79 Å². The molecule has 0 aliphatic rings. The molecule has 3 amide bonds. The quantitative estimate of drug-likeness (QED) is 0.712. The van der Waals surface area contributed by atoms with Crippen LogP contribution in [0.15, 0.2) is 18.2 Å². The van der Waals surface area contributed by atoms with Gasteiger partial charge in [0.15, 0.2) is 0 Å². The Morgan fingerprint density at radius 1 is 1.21 bits per heavy atom. The Morgan fingerprint density at radius 2 is 1.88 bits per heavy atom. The summed E-state index contributed by atoms with van der Waals surface area (Å²) in [7, 11) is 0. The van der Waals surface area contributed by atoms with Crippen LogP contribution in [0, 0.1) is 6.92 Å². The fraction of sp³-hybridized carbons (Fsp3) is 0.500. The molecular weight excluding hydrogens is 320 g/mol. The standard InChI is InChI=1S/C16H23F2N3O3/c1-5-9(2)19-14(22)11(4)20-16(23)21-12-7-6-8-13(10(12)3)24-15(17)18/h6-9,11,15H,5H2,1-4H3,(H,19,22)(H2,20,21,23)/t9-,11-/m1/s1. The molecule has 0 bridgehead atoms. The number of alkyl halides is 2. The highest BCUT2D eigenvalue weighted by molar-refractivity contribution is 5.94. The molecule has 8 heteroatoms. The lowest BCUT2D eigenvalue weighted by molar-refractivity contribution is -0.123. The molecule has 2 atom stereocenters. The Bertz CT molecular complexity index is 582. The first kappa shape index (κ1) is 19.7. The lowest BCUT2D eigenvalue weighted by Crippen LogP contribution is -2.48. The van der Waals surface area contributed by atoms with Crippen molar-refractivity contribution in [1.29, 1.82) is 0 Å². The zero-order chi connectivity index (χ0) is 18.3. The molecule has 0 fully saturated rings. The molecule has 0 spiro atoms. The van der Waals surface area contributed by atoms with Crippen LogP contribution >= 0.6 is 0 Å². The van der Waals surface area contributed by atoms with Gasteiger partial charge in [-0.05, 0) is 39.3 Å². The minimum atomic E-state index is -2.95. The second kappa shape index (κ2) is 9.05. The maximum atomic E-state index is 12.3. The van der Waals surface area contributed by atoms with Crippen LogP contribution in [0.2, 0.25) is 0 Å². The number of carbonyl (C=O) groups excluding carboxylic acids is 2. The number of nitrogens with one attached hydrogen (secondary N) is 3. The highest BCUT2D eigenvalue weighted by Crippen LogP contribution is 2.26. The van der Waals surface area contributed by atoms with Gasteiger partial charge in [-0.25, -0.2) is 4.79 Å². The first-order valence-electron chi connectivity index (χ1n) is 7.66. The molecule has 0 aromatic heterocycles. The van der Waals surface area contributed by atoms with Crippen molar-refractivity contribution in [3.05, 3.63) is 23.8 Å². The van der Waals surface area contributed by atoms with Crippen molar-refractivity contribution >= 4 is 17.6 Å². The van der Waals surface area contributed by atoms with Crippen molar-refractivity contribution in [2.24, 2.45) is 0 Å². The number of ether oxygens (including phenoxy) is 1. The molecule has 1 aromatic carbocycles. The number of hydrogen-bond donors (Lipinski definition) is 3. The van der Waals surface area contributed by atoms with E-state index in [2.05, 4.69) is 20.7 Å². The second-order valence-corrected chi connectivity index (χ2v) is 5.45. The molecule has 0 saturated heterocycles. The molecular formula is C16H23F2N3O3. The summed E-state index contributed by atoms with van der Waals surface area (Å²) in [6, 6.07) is 3.08. The molecule has 0 aliphatic carbocycles. The van der Waals surface area contributed by atoms with E-state index in [1.807, 2.05) is 13.8 Å². The Labute approximate surface area is 139 Å². The minimum absolute atomic E-state index is 0.00948. The van der Waals surface area contributed by atoms with Gasteiger partial charge in [0.25, 0.3) is 0 Å². The second-order valence-electron chi connectivity index (χ2n) is 5.45. The normalized spacial score (nSPS) is 13.1. The van der Waals surface area contributed by atoms with Crippen molar-refractivity contribution in [3.8, 4) is 5.75 Å². The molecule has 0 heterocycles. The number of anilines is 1. The largest absolute Gasteiger partial charge is 0.434 e. The molecule has 0 radical (unpaired) electrons. The van der Waals surface area contributed by atoms with Crippen LogP contribution in [-0.4, -0.2) is 30.6 Å². The zero-order valence-corrected chi connectivity index (χ0v) is 14.2. The number of carbonyl (C=O) groups is 2. The summed E-state index contributed by atoms with van der Waals surface area (Å²) in [4.78, 5) is 23.9. The minimum Gasteiger partial charge on any atom is -0.434 e. The van der Waals surface area contributed by atoms with Crippen molar-refractivity contribution < 1.29 is 23.1 Å². The van der Waals surface area contributed by atoms with E-state index in [0.29, 0.717) is 11.3 Å². The summed E-state index contributed by atoms with van der Waals surface area (Å²) in [5.41, 5.74) is 0.685.